The van der Waals surface area contributed by atoms with Crippen molar-refractivity contribution in [1.82, 2.24) is 19.6 Å². The zero-order valence-corrected chi connectivity index (χ0v) is 58.5. The number of amides is 4. The highest BCUT2D eigenvalue weighted by Crippen LogP contribution is 2.47. The second-order valence-electron chi connectivity index (χ2n) is 26.1. The van der Waals surface area contributed by atoms with Gasteiger partial charge in [0.2, 0.25) is 11.8 Å². The van der Waals surface area contributed by atoms with E-state index in [1.807, 2.05) is 174 Å². The van der Waals surface area contributed by atoms with Crippen LogP contribution in [0.5, 0.6) is 0 Å². The third-order valence-corrected chi connectivity index (χ3v) is 24.0. The van der Waals surface area contributed by atoms with Gasteiger partial charge in [-0.1, -0.05) is 178 Å². The summed E-state index contributed by atoms with van der Waals surface area (Å²) in [5, 5.41) is 3.62. The van der Waals surface area contributed by atoms with Crippen LogP contribution >= 0.6 is 0 Å². The van der Waals surface area contributed by atoms with Crippen LogP contribution in [0.15, 0.2) is 102 Å². The van der Waals surface area contributed by atoms with Crippen molar-refractivity contribution in [2.45, 2.75) is 219 Å². The number of carbonyl (C=O) groups is 7. The first kappa shape index (κ1) is 73.6. The van der Waals surface area contributed by atoms with Gasteiger partial charge in [0.1, 0.15) is 58.1 Å². The second kappa shape index (κ2) is 33.6. The molecule has 2 aliphatic carbocycles. The maximum absolute atomic E-state index is 15.0. The molecule has 0 bridgehead atoms. The highest BCUT2D eigenvalue weighted by molar-refractivity contribution is 6.74. The lowest BCUT2D eigenvalue weighted by Gasteiger charge is -2.47. The van der Waals surface area contributed by atoms with E-state index >= 15 is 0 Å². The van der Waals surface area contributed by atoms with Gasteiger partial charge in [0.25, 0.3) is 0 Å². The molecular formula is C72H99N7O14Si. The summed E-state index contributed by atoms with van der Waals surface area (Å²) in [7, 11) is -2.87. The molecule has 94 heavy (non-hydrogen) atoms. The maximum Gasteiger partial charge on any atom is 0.410 e. The number of carbonyl (C=O) groups excluding carboxylic acids is 7. The van der Waals surface area contributed by atoms with Crippen molar-refractivity contribution in [2.24, 2.45) is 5.11 Å². The Morgan fingerprint density at radius 1 is 0.511 bits per heavy atom. The number of ether oxygens (including phenoxy) is 6. The number of hydrogen-bond donors (Lipinski definition) is 0. The van der Waals surface area contributed by atoms with E-state index in [1.54, 1.807) is 0 Å². The van der Waals surface area contributed by atoms with Crippen LogP contribution in [0.3, 0.4) is 0 Å². The molecule has 4 aromatic rings. The Morgan fingerprint density at radius 2 is 0.872 bits per heavy atom. The van der Waals surface area contributed by atoms with Gasteiger partial charge < -0.3 is 42.6 Å². The van der Waals surface area contributed by atoms with Gasteiger partial charge in [-0.15, -0.1) is 0 Å². The zero-order chi connectivity index (χ0) is 68.6. The third kappa shape index (κ3) is 17.2. The van der Waals surface area contributed by atoms with Gasteiger partial charge in [0.15, 0.2) is 26.8 Å². The van der Waals surface area contributed by atoms with Gasteiger partial charge in [-0.05, 0) is 120 Å². The Balaban J connectivity index is 1.11. The lowest BCUT2D eigenvalue weighted by Crippen LogP contribution is -2.63. The van der Waals surface area contributed by atoms with Crippen molar-refractivity contribution < 1.29 is 66.4 Å². The minimum atomic E-state index is -2.87. The standard InChI is InChI=1S/C72H99N7O14Si/c1-15-47(16-2)76(63(82)40-78(49(19-5)20-6)70(85)88-43-59-55-35-27-23-31-51(55)52-32-24-28-36-56(52)59)39-62(81)77(48(17-3)18-4)41-64(83)87-45-61-67(90-46(9)80)68(66(74-75-73)69(91-61)93-94(13,14)72(10,11)12)92-65(84)42-79(50(21-7)22-8)71(86)89-44-60-57-37-29-25-33-53(57)54-34-26-30-38-58(54)60/h23-38,47-50,59-61,66-69H,15-22,39-45H2,1-14H3/t61-,66-,67+,68-,69+/m1/s1. The van der Waals surface area contributed by atoms with Crippen molar-refractivity contribution in [3.05, 3.63) is 130 Å². The van der Waals surface area contributed by atoms with Gasteiger partial charge in [-0.2, -0.15) is 0 Å². The number of azide groups is 1. The SMILES string of the molecule is CCC(CC)N(CC(=O)OC[C@H]1O[C@@H](O[Si](C)(C)C(C)(C)C)[C@H](N=[N+]=[N-])[C@@H](OC(=O)CN(C(=O)OCC2c3ccccc3-c3ccccc32)C(CC)CC)[C@H]1OC(C)=O)C(=O)CN(C(=O)CN(C(=O)OCC1c2ccccc2-c2ccccc21)C(CC)CC)C(CC)CC. The first-order valence-corrected chi connectivity index (χ1v) is 36.6. The molecule has 1 fully saturated rings. The van der Waals surface area contributed by atoms with Gasteiger partial charge in [-0.3, -0.25) is 33.8 Å². The zero-order valence-electron chi connectivity index (χ0n) is 57.5. The highest BCUT2D eigenvalue weighted by atomic mass is 28.4. The van der Waals surface area contributed by atoms with Gasteiger partial charge in [-0.25, -0.2) is 9.59 Å². The Morgan fingerprint density at radius 3 is 1.26 bits per heavy atom. The van der Waals surface area contributed by atoms with Crippen LogP contribution < -0.4 is 0 Å². The number of nitrogens with zero attached hydrogens (tertiary/aromatic N) is 7. The number of fused-ring (bicyclic) bond motifs is 6. The average molecular weight is 1310 g/mol. The van der Waals surface area contributed by atoms with E-state index < -0.39 is 130 Å². The lowest BCUT2D eigenvalue weighted by molar-refractivity contribution is -0.256. The lowest BCUT2D eigenvalue weighted by atomic mass is 9.97. The molecule has 7 rings (SSSR count). The van der Waals surface area contributed by atoms with E-state index in [1.165, 1.54) is 19.6 Å². The summed E-state index contributed by atoms with van der Waals surface area (Å²) in [6.45, 7) is 23.7. The number of hydrogen-bond acceptors (Lipinski definition) is 15. The largest absolute Gasteiger partial charge is 0.461 e. The van der Waals surface area contributed by atoms with Crippen molar-refractivity contribution in [3.8, 4) is 22.3 Å². The van der Waals surface area contributed by atoms with Gasteiger partial charge in [0.05, 0.1) is 0 Å². The molecule has 0 aromatic heterocycles. The molecule has 0 saturated carbocycles. The summed E-state index contributed by atoms with van der Waals surface area (Å²) >= 11 is 0. The predicted octanol–water partition coefficient (Wildman–Crippen LogP) is 13.7. The molecule has 4 amide bonds. The first-order valence-electron chi connectivity index (χ1n) is 33.7. The van der Waals surface area contributed by atoms with E-state index in [4.69, 9.17) is 32.8 Å². The van der Waals surface area contributed by atoms with Crippen LogP contribution in [0.4, 0.5) is 9.59 Å². The second-order valence-corrected chi connectivity index (χ2v) is 30.9. The topological polar surface area (TPSA) is 246 Å². The molecule has 4 aromatic carbocycles. The van der Waals surface area contributed by atoms with Crippen molar-refractivity contribution in [3.63, 3.8) is 0 Å². The van der Waals surface area contributed by atoms with Crippen molar-refractivity contribution in [2.75, 3.05) is 46.0 Å². The molecule has 0 N–H and O–H groups in total. The van der Waals surface area contributed by atoms with E-state index in [-0.39, 0.29) is 37.6 Å². The Bertz CT molecular complexity index is 3230. The molecule has 0 spiro atoms. The third-order valence-electron chi connectivity index (χ3n) is 19.5. The van der Waals surface area contributed by atoms with Crippen molar-refractivity contribution >= 4 is 50.2 Å². The smallest absolute Gasteiger partial charge is 0.410 e. The summed E-state index contributed by atoms with van der Waals surface area (Å²) in [5.41, 5.74) is 18.5. The molecule has 510 valence electrons. The van der Waals surface area contributed by atoms with Crippen LogP contribution in [0.1, 0.15) is 169 Å². The number of benzene rings is 4. The van der Waals surface area contributed by atoms with Crippen LogP contribution in [0.2, 0.25) is 18.1 Å². The Labute approximate surface area is 556 Å². The van der Waals surface area contributed by atoms with E-state index in [2.05, 4.69) is 22.2 Å². The van der Waals surface area contributed by atoms with Gasteiger partial charge in [0, 0.05) is 47.8 Å². The van der Waals surface area contributed by atoms with E-state index in [0.717, 1.165) is 51.4 Å². The summed E-state index contributed by atoms with van der Waals surface area (Å²) < 4.78 is 43.7. The molecular weight excluding hydrogens is 1210 g/mol. The minimum Gasteiger partial charge on any atom is -0.461 e. The molecule has 1 aliphatic heterocycles. The first-order chi connectivity index (χ1) is 44.9. The predicted molar refractivity (Wildman–Crippen MR) is 361 cm³/mol. The summed E-state index contributed by atoms with van der Waals surface area (Å²) in [6.07, 6.45) is -3.58. The number of rotatable bonds is 31. The molecule has 3 aliphatic rings. The summed E-state index contributed by atoms with van der Waals surface area (Å²) in [5.74, 6) is -4.11. The fraction of sp³-hybridized carbons (Fsp3) is 0.569. The highest BCUT2D eigenvalue weighted by Gasteiger charge is 2.54. The van der Waals surface area contributed by atoms with E-state index in [0.29, 0.717) is 51.4 Å². The van der Waals surface area contributed by atoms with Crippen LogP contribution in [-0.2, 0) is 56.8 Å². The average Bonchev–Trinajstić information content (AvgIpc) is 1.50. The van der Waals surface area contributed by atoms with Gasteiger partial charge >= 0.3 is 30.1 Å². The quantitative estimate of drug-likeness (QED) is 0.0114. The van der Waals surface area contributed by atoms with Crippen LogP contribution in [0.25, 0.3) is 32.7 Å². The Kier molecular flexibility index (Phi) is 26.3. The fourth-order valence-corrected chi connectivity index (χ4v) is 14.3. The normalized spacial score (nSPS) is 17.5. The minimum absolute atomic E-state index is 0.0103. The van der Waals surface area contributed by atoms with E-state index in [9.17, 15) is 39.1 Å². The molecule has 22 heteroatoms. The molecule has 5 atom stereocenters. The Hall–Kier alpha value is -7.78. The molecule has 21 nitrogen and oxygen atoms in total. The molecule has 1 saturated heterocycles. The van der Waals surface area contributed by atoms with Crippen molar-refractivity contribution in [1.29, 1.82) is 0 Å². The van der Waals surface area contributed by atoms with Crippen LogP contribution in [-0.4, -0.2) is 171 Å². The summed E-state index contributed by atoms with van der Waals surface area (Å²) in [4.78, 5) is 110. The molecule has 1 heterocycles. The monoisotopic (exact) mass is 1310 g/mol. The summed E-state index contributed by atoms with van der Waals surface area (Å²) in [6, 6.07) is 28.8. The fourth-order valence-electron chi connectivity index (χ4n) is 13.2. The van der Waals surface area contributed by atoms with Crippen LogP contribution in [0, 0.1) is 0 Å². The maximum atomic E-state index is 15.0. The molecule has 0 radical (unpaired) electrons. The molecule has 0 unspecified atom stereocenters. The number of esters is 3.